The van der Waals surface area contributed by atoms with Gasteiger partial charge >= 0.3 is 0 Å². The second kappa shape index (κ2) is 6.61. The SMILES string of the molecule is Cn1nc(/C(O)=C(\C#N)C(=O)Nc2ccccc2)c2c1-c1cccc3cccc-2c13. The highest BCUT2D eigenvalue weighted by Gasteiger charge is 2.31. The molecule has 0 radical (unpaired) electrons. The van der Waals surface area contributed by atoms with E-state index in [-0.39, 0.29) is 11.3 Å². The Morgan fingerprint density at radius 3 is 2.43 bits per heavy atom. The van der Waals surface area contributed by atoms with E-state index in [2.05, 4.69) is 10.4 Å². The number of aromatic nitrogens is 2. The molecule has 6 heteroatoms. The van der Waals surface area contributed by atoms with Crippen LogP contribution >= 0.6 is 0 Å². The average Bonchev–Trinajstić information content (AvgIpc) is 3.27. The maximum absolute atomic E-state index is 12.7. The average molecular weight is 392 g/mol. The van der Waals surface area contributed by atoms with Crippen LogP contribution in [-0.2, 0) is 11.8 Å². The van der Waals surface area contributed by atoms with Gasteiger partial charge in [0.1, 0.15) is 11.8 Å². The van der Waals surface area contributed by atoms with Crippen LogP contribution in [0, 0.1) is 11.3 Å². The lowest BCUT2D eigenvalue weighted by Gasteiger charge is -2.07. The zero-order valence-electron chi connectivity index (χ0n) is 16.0. The second-order valence-electron chi connectivity index (χ2n) is 7.06. The minimum atomic E-state index is -0.686. The molecule has 0 aliphatic heterocycles. The predicted molar refractivity (Wildman–Crippen MR) is 115 cm³/mol. The van der Waals surface area contributed by atoms with E-state index in [0.717, 1.165) is 33.2 Å². The van der Waals surface area contributed by atoms with Gasteiger partial charge in [-0.05, 0) is 28.5 Å². The molecule has 144 valence electrons. The summed E-state index contributed by atoms with van der Waals surface area (Å²) in [6.07, 6.45) is 0. The number of carbonyl (C=O) groups excluding carboxylic acids is 1. The molecule has 0 fully saturated rings. The van der Waals surface area contributed by atoms with E-state index in [1.165, 1.54) is 0 Å². The lowest BCUT2D eigenvalue weighted by molar-refractivity contribution is -0.112. The number of carbonyl (C=O) groups is 1. The molecule has 4 aromatic rings. The normalized spacial score (nSPS) is 12.3. The van der Waals surface area contributed by atoms with Gasteiger partial charge in [-0.25, -0.2) is 0 Å². The summed E-state index contributed by atoms with van der Waals surface area (Å²) in [5.74, 6) is -1.12. The molecule has 3 aromatic carbocycles. The maximum Gasteiger partial charge on any atom is 0.270 e. The first kappa shape index (κ1) is 17.7. The van der Waals surface area contributed by atoms with Crippen molar-refractivity contribution in [3.05, 3.63) is 78.0 Å². The second-order valence-corrected chi connectivity index (χ2v) is 7.06. The Labute approximate surface area is 172 Å². The lowest BCUT2D eigenvalue weighted by Crippen LogP contribution is -2.15. The first-order chi connectivity index (χ1) is 14.6. The molecule has 1 heterocycles. The molecule has 0 saturated heterocycles. The molecular weight excluding hydrogens is 376 g/mol. The van der Waals surface area contributed by atoms with Gasteiger partial charge < -0.3 is 10.4 Å². The van der Waals surface area contributed by atoms with Crippen molar-refractivity contribution in [2.45, 2.75) is 0 Å². The Bertz CT molecular complexity index is 1400. The van der Waals surface area contributed by atoms with Crippen LogP contribution in [-0.4, -0.2) is 20.8 Å². The Kier molecular flexibility index (Phi) is 3.90. The lowest BCUT2D eigenvalue weighted by atomic mass is 10.0. The number of aliphatic hydroxyl groups is 1. The molecule has 1 aromatic heterocycles. The van der Waals surface area contributed by atoms with Gasteiger partial charge in [-0.15, -0.1) is 0 Å². The molecule has 1 aliphatic rings. The summed E-state index contributed by atoms with van der Waals surface area (Å²) in [5.41, 5.74) is 3.88. The van der Waals surface area contributed by atoms with Crippen LogP contribution in [0.1, 0.15) is 5.69 Å². The van der Waals surface area contributed by atoms with E-state index < -0.39 is 11.7 Å². The van der Waals surface area contributed by atoms with Crippen molar-refractivity contribution in [3.8, 4) is 28.5 Å². The van der Waals surface area contributed by atoms with Crippen molar-refractivity contribution in [1.29, 1.82) is 5.26 Å². The van der Waals surface area contributed by atoms with Gasteiger partial charge in [0.2, 0.25) is 0 Å². The van der Waals surface area contributed by atoms with Crippen molar-refractivity contribution in [3.63, 3.8) is 0 Å². The topological polar surface area (TPSA) is 90.9 Å². The molecule has 5 rings (SSSR count). The van der Waals surface area contributed by atoms with Gasteiger partial charge in [-0.2, -0.15) is 10.4 Å². The number of nitriles is 1. The van der Waals surface area contributed by atoms with E-state index in [1.54, 1.807) is 36.0 Å². The van der Waals surface area contributed by atoms with Crippen LogP contribution in [0.2, 0.25) is 0 Å². The Morgan fingerprint density at radius 2 is 1.73 bits per heavy atom. The number of amides is 1. The third-order valence-corrected chi connectivity index (χ3v) is 5.31. The van der Waals surface area contributed by atoms with Gasteiger partial charge in [0.05, 0.1) is 5.69 Å². The minimum Gasteiger partial charge on any atom is -0.504 e. The number of anilines is 1. The van der Waals surface area contributed by atoms with Crippen LogP contribution in [0.4, 0.5) is 5.69 Å². The van der Waals surface area contributed by atoms with Crippen molar-refractivity contribution in [1.82, 2.24) is 9.78 Å². The van der Waals surface area contributed by atoms with Crippen molar-refractivity contribution >= 4 is 28.1 Å². The number of nitrogens with zero attached hydrogens (tertiary/aromatic N) is 3. The number of hydrogen-bond acceptors (Lipinski definition) is 4. The summed E-state index contributed by atoms with van der Waals surface area (Å²) in [6, 6.07) is 22.6. The molecule has 2 N–H and O–H groups in total. The summed E-state index contributed by atoms with van der Waals surface area (Å²) in [7, 11) is 1.79. The van der Waals surface area contributed by atoms with Gasteiger partial charge in [0, 0.05) is 23.9 Å². The Balaban J connectivity index is 1.67. The van der Waals surface area contributed by atoms with Crippen LogP contribution < -0.4 is 5.32 Å². The Morgan fingerprint density at radius 1 is 1.03 bits per heavy atom. The molecule has 30 heavy (non-hydrogen) atoms. The van der Waals surface area contributed by atoms with E-state index in [1.807, 2.05) is 48.5 Å². The third-order valence-electron chi connectivity index (χ3n) is 5.31. The maximum atomic E-state index is 12.7. The van der Waals surface area contributed by atoms with Crippen LogP contribution in [0.25, 0.3) is 38.9 Å². The summed E-state index contributed by atoms with van der Waals surface area (Å²) >= 11 is 0. The van der Waals surface area contributed by atoms with Gasteiger partial charge in [0.25, 0.3) is 5.91 Å². The fraction of sp³-hybridized carbons (Fsp3) is 0.0417. The molecule has 1 aliphatic carbocycles. The standard InChI is InChI=1S/C24H16N4O2/c1-28-22-17-12-6-8-14-7-5-11-16(19(14)17)20(22)21(27-28)23(29)18(13-25)24(30)26-15-9-3-2-4-10-15/h2-12,29H,1H3,(H,26,30)/b23-18-. The molecule has 0 spiro atoms. The van der Waals surface area contributed by atoms with Crippen molar-refractivity contribution in [2.75, 3.05) is 5.32 Å². The molecule has 0 atom stereocenters. The highest BCUT2D eigenvalue weighted by molar-refractivity contribution is 6.17. The molecule has 0 bridgehead atoms. The largest absolute Gasteiger partial charge is 0.504 e. The highest BCUT2D eigenvalue weighted by Crippen LogP contribution is 2.49. The first-order valence-corrected chi connectivity index (χ1v) is 9.39. The Hall–Kier alpha value is -4.37. The molecule has 0 saturated carbocycles. The molecule has 1 amide bonds. The summed E-state index contributed by atoms with van der Waals surface area (Å²) in [5, 5.41) is 29.8. The minimum absolute atomic E-state index is 0.218. The number of hydrogen-bond donors (Lipinski definition) is 2. The van der Waals surface area contributed by atoms with Gasteiger partial charge in [-0.1, -0.05) is 54.6 Å². The number of benzene rings is 3. The monoisotopic (exact) mass is 392 g/mol. The predicted octanol–water partition coefficient (Wildman–Crippen LogP) is 4.65. The first-order valence-electron chi connectivity index (χ1n) is 9.39. The smallest absolute Gasteiger partial charge is 0.270 e. The summed E-state index contributed by atoms with van der Waals surface area (Å²) < 4.78 is 1.68. The van der Waals surface area contributed by atoms with E-state index >= 15 is 0 Å². The number of aliphatic hydroxyl groups excluding tert-OH is 1. The number of rotatable bonds is 3. The number of para-hydroxylation sites is 1. The fourth-order valence-electron chi connectivity index (χ4n) is 4.05. The molecule has 6 nitrogen and oxygen atoms in total. The quantitative estimate of drug-likeness (QED) is 0.266. The van der Waals surface area contributed by atoms with E-state index in [0.29, 0.717) is 5.69 Å². The van der Waals surface area contributed by atoms with Crippen LogP contribution in [0.5, 0.6) is 0 Å². The number of fused-ring (bicyclic) bond motifs is 3. The number of aryl methyl sites for hydroxylation is 1. The summed E-state index contributed by atoms with van der Waals surface area (Å²) in [6.45, 7) is 0. The molecule has 0 unspecified atom stereocenters. The molecular formula is C24H16N4O2. The summed E-state index contributed by atoms with van der Waals surface area (Å²) in [4.78, 5) is 12.7. The van der Waals surface area contributed by atoms with E-state index in [4.69, 9.17) is 0 Å². The number of nitrogens with one attached hydrogen (secondary N) is 1. The van der Waals surface area contributed by atoms with Crippen molar-refractivity contribution in [2.24, 2.45) is 7.05 Å². The fourth-order valence-corrected chi connectivity index (χ4v) is 4.05. The van der Waals surface area contributed by atoms with Crippen LogP contribution in [0.3, 0.4) is 0 Å². The zero-order chi connectivity index (χ0) is 20.8. The third kappa shape index (κ3) is 2.50. The van der Waals surface area contributed by atoms with Crippen LogP contribution in [0.15, 0.2) is 72.3 Å². The van der Waals surface area contributed by atoms with E-state index in [9.17, 15) is 15.2 Å². The van der Waals surface area contributed by atoms with Gasteiger partial charge in [-0.3, -0.25) is 9.48 Å². The zero-order valence-corrected chi connectivity index (χ0v) is 16.0. The highest BCUT2D eigenvalue weighted by atomic mass is 16.3. The van der Waals surface area contributed by atoms with Gasteiger partial charge in [0.15, 0.2) is 11.3 Å². The van der Waals surface area contributed by atoms with Crippen molar-refractivity contribution < 1.29 is 9.90 Å².